The van der Waals surface area contributed by atoms with Crippen LogP contribution in [0.4, 0.5) is 4.79 Å². The molecule has 2 aromatic carbocycles. The highest BCUT2D eigenvalue weighted by molar-refractivity contribution is 9.09. The number of fused-ring (bicyclic) bond motifs is 3. The summed E-state index contributed by atoms with van der Waals surface area (Å²) in [6.07, 6.45) is 3.99. The number of aromatic nitrogens is 1. The van der Waals surface area contributed by atoms with Gasteiger partial charge in [-0.3, -0.25) is 4.98 Å². The standard InChI is InChI=1S/C24H23BrN2O2/c25-15-7-6-14-24(29-23(28)27-17-18-9-5-8-16-26-18)21-12-3-1-10-19(21)20-11-2-4-13-22(20)24/h1-5,8-13,16H,6-7,14-15,17H2,(H,27,28). The van der Waals surface area contributed by atoms with Gasteiger partial charge < -0.3 is 10.1 Å². The molecule has 1 heterocycles. The first-order valence-corrected chi connectivity index (χ1v) is 11.0. The number of carbonyl (C=O) groups is 1. The molecule has 29 heavy (non-hydrogen) atoms. The molecule has 0 atom stereocenters. The number of unbranched alkanes of at least 4 members (excludes halogenated alkanes) is 1. The molecule has 0 bridgehead atoms. The van der Waals surface area contributed by atoms with Gasteiger partial charge in [0.15, 0.2) is 5.60 Å². The molecular weight excluding hydrogens is 428 g/mol. The topological polar surface area (TPSA) is 51.2 Å². The summed E-state index contributed by atoms with van der Waals surface area (Å²) in [6.45, 7) is 0.334. The molecule has 148 valence electrons. The molecule has 0 saturated carbocycles. The normalized spacial score (nSPS) is 13.4. The Hall–Kier alpha value is -2.66. The molecule has 3 aromatic rings. The maximum Gasteiger partial charge on any atom is 0.408 e. The van der Waals surface area contributed by atoms with Gasteiger partial charge in [-0.15, -0.1) is 0 Å². The smallest absolute Gasteiger partial charge is 0.408 e. The first kappa shape index (κ1) is 19.6. The highest BCUT2D eigenvalue weighted by atomic mass is 79.9. The molecule has 0 saturated heterocycles. The number of halogens is 1. The first-order chi connectivity index (χ1) is 14.2. The van der Waals surface area contributed by atoms with Crippen LogP contribution in [0.1, 0.15) is 36.1 Å². The fourth-order valence-electron chi connectivity index (χ4n) is 4.04. The molecule has 0 unspecified atom stereocenters. The van der Waals surface area contributed by atoms with Gasteiger partial charge in [-0.25, -0.2) is 4.79 Å². The van der Waals surface area contributed by atoms with Gasteiger partial charge in [-0.2, -0.15) is 0 Å². The van der Waals surface area contributed by atoms with Crippen molar-refractivity contribution in [2.24, 2.45) is 0 Å². The van der Waals surface area contributed by atoms with E-state index in [4.69, 9.17) is 4.74 Å². The number of alkyl halides is 1. The van der Waals surface area contributed by atoms with Crippen LogP contribution in [0.5, 0.6) is 0 Å². The monoisotopic (exact) mass is 450 g/mol. The Morgan fingerprint density at radius 3 is 2.21 bits per heavy atom. The number of pyridine rings is 1. The van der Waals surface area contributed by atoms with Gasteiger partial charge in [0.05, 0.1) is 12.2 Å². The number of alkyl carbamates (subject to hydrolysis) is 1. The van der Waals surface area contributed by atoms with Crippen molar-refractivity contribution < 1.29 is 9.53 Å². The van der Waals surface area contributed by atoms with Crippen LogP contribution in [0.25, 0.3) is 11.1 Å². The van der Waals surface area contributed by atoms with E-state index in [0.717, 1.165) is 52.5 Å². The lowest BCUT2D eigenvalue weighted by Gasteiger charge is -2.32. The zero-order chi connectivity index (χ0) is 20.1. The Labute approximate surface area is 179 Å². The van der Waals surface area contributed by atoms with Gasteiger partial charge in [0.2, 0.25) is 0 Å². The highest BCUT2D eigenvalue weighted by Crippen LogP contribution is 2.52. The van der Waals surface area contributed by atoms with E-state index in [0.29, 0.717) is 6.54 Å². The van der Waals surface area contributed by atoms with Gasteiger partial charge in [-0.1, -0.05) is 70.5 Å². The molecule has 4 rings (SSSR count). The van der Waals surface area contributed by atoms with Gasteiger partial charge in [0.25, 0.3) is 0 Å². The third-order valence-corrected chi connectivity index (χ3v) is 5.89. The fourth-order valence-corrected chi connectivity index (χ4v) is 4.44. The minimum atomic E-state index is -0.774. The molecule has 1 aliphatic carbocycles. The van der Waals surface area contributed by atoms with Crippen molar-refractivity contribution in [1.82, 2.24) is 10.3 Å². The van der Waals surface area contributed by atoms with Crippen LogP contribution < -0.4 is 5.32 Å². The highest BCUT2D eigenvalue weighted by Gasteiger charge is 2.46. The quantitative estimate of drug-likeness (QED) is 0.365. The lowest BCUT2D eigenvalue weighted by molar-refractivity contribution is 0.0333. The second kappa shape index (κ2) is 8.78. The Kier molecular flexibility index (Phi) is 5.95. The number of carbonyl (C=O) groups excluding carboxylic acids is 1. The predicted molar refractivity (Wildman–Crippen MR) is 118 cm³/mol. The summed E-state index contributed by atoms with van der Waals surface area (Å²) in [5.74, 6) is 0. The van der Waals surface area contributed by atoms with Crippen LogP contribution in [0.3, 0.4) is 0 Å². The summed E-state index contributed by atoms with van der Waals surface area (Å²) in [5.41, 5.74) is 4.42. The lowest BCUT2D eigenvalue weighted by atomic mass is 9.86. The van der Waals surface area contributed by atoms with Gasteiger partial charge in [0, 0.05) is 22.7 Å². The van der Waals surface area contributed by atoms with Gasteiger partial charge in [0.1, 0.15) is 0 Å². The molecule has 1 aromatic heterocycles. The predicted octanol–water partition coefficient (Wildman–Crippen LogP) is 5.80. The maximum atomic E-state index is 12.9. The van der Waals surface area contributed by atoms with Gasteiger partial charge in [-0.05, 0) is 42.5 Å². The number of amides is 1. The van der Waals surface area contributed by atoms with Crippen LogP contribution in [0.2, 0.25) is 0 Å². The fraction of sp³-hybridized carbons (Fsp3) is 0.250. The van der Waals surface area contributed by atoms with Crippen LogP contribution >= 0.6 is 15.9 Å². The molecule has 1 aliphatic rings. The summed E-state index contributed by atoms with van der Waals surface area (Å²) >= 11 is 3.51. The van der Waals surface area contributed by atoms with E-state index in [1.54, 1.807) is 6.20 Å². The number of hydrogen-bond acceptors (Lipinski definition) is 3. The van der Waals surface area contributed by atoms with Crippen molar-refractivity contribution in [3.8, 4) is 11.1 Å². The minimum absolute atomic E-state index is 0.334. The average molecular weight is 451 g/mol. The first-order valence-electron chi connectivity index (χ1n) is 9.87. The molecule has 0 radical (unpaired) electrons. The van der Waals surface area contributed by atoms with Crippen molar-refractivity contribution in [1.29, 1.82) is 0 Å². The number of nitrogens with zero attached hydrogens (tertiary/aromatic N) is 1. The Bertz CT molecular complexity index is 945. The Morgan fingerprint density at radius 2 is 1.59 bits per heavy atom. The second-order valence-electron chi connectivity index (χ2n) is 7.13. The van der Waals surface area contributed by atoms with Crippen LogP contribution in [-0.4, -0.2) is 16.4 Å². The molecule has 4 nitrogen and oxygen atoms in total. The Balaban J connectivity index is 1.65. The molecule has 1 N–H and O–H groups in total. The van der Waals surface area contributed by atoms with E-state index in [1.165, 1.54) is 0 Å². The van der Waals surface area contributed by atoms with Crippen molar-refractivity contribution in [2.45, 2.75) is 31.4 Å². The van der Waals surface area contributed by atoms with Crippen LogP contribution in [0.15, 0.2) is 72.9 Å². The minimum Gasteiger partial charge on any atom is -0.433 e. The molecule has 1 amide bonds. The van der Waals surface area contributed by atoms with Crippen LogP contribution in [-0.2, 0) is 16.9 Å². The molecule has 5 heteroatoms. The van der Waals surface area contributed by atoms with E-state index in [9.17, 15) is 4.79 Å². The molecule has 0 fully saturated rings. The summed E-state index contributed by atoms with van der Waals surface area (Å²) in [7, 11) is 0. The third kappa shape index (κ3) is 3.92. The molecule has 0 spiro atoms. The van der Waals surface area contributed by atoms with Crippen molar-refractivity contribution in [2.75, 3.05) is 5.33 Å². The zero-order valence-electron chi connectivity index (χ0n) is 16.1. The molecule has 0 aliphatic heterocycles. The average Bonchev–Trinajstić information content (AvgIpc) is 3.04. The van der Waals surface area contributed by atoms with E-state index in [1.807, 2.05) is 42.5 Å². The third-order valence-electron chi connectivity index (χ3n) is 5.33. The van der Waals surface area contributed by atoms with E-state index < -0.39 is 11.7 Å². The number of benzene rings is 2. The maximum absolute atomic E-state index is 12.9. The largest absolute Gasteiger partial charge is 0.433 e. The van der Waals surface area contributed by atoms with Crippen molar-refractivity contribution in [3.63, 3.8) is 0 Å². The summed E-state index contributed by atoms with van der Waals surface area (Å²) in [6, 6.07) is 22.1. The SMILES string of the molecule is O=C(NCc1ccccn1)OC1(CCCCBr)c2ccccc2-c2ccccc21. The summed E-state index contributed by atoms with van der Waals surface area (Å²) in [5, 5.41) is 3.80. The number of nitrogens with one attached hydrogen (secondary N) is 1. The second-order valence-corrected chi connectivity index (χ2v) is 7.92. The van der Waals surface area contributed by atoms with E-state index in [-0.39, 0.29) is 0 Å². The summed E-state index contributed by atoms with van der Waals surface area (Å²) in [4.78, 5) is 17.1. The number of hydrogen-bond donors (Lipinski definition) is 1. The Morgan fingerprint density at radius 1 is 0.931 bits per heavy atom. The van der Waals surface area contributed by atoms with E-state index in [2.05, 4.69) is 50.5 Å². The zero-order valence-corrected chi connectivity index (χ0v) is 17.7. The van der Waals surface area contributed by atoms with Gasteiger partial charge >= 0.3 is 6.09 Å². The van der Waals surface area contributed by atoms with Crippen LogP contribution in [0, 0.1) is 0 Å². The summed E-state index contributed by atoms with van der Waals surface area (Å²) < 4.78 is 6.23. The number of rotatable bonds is 7. The van der Waals surface area contributed by atoms with E-state index >= 15 is 0 Å². The van der Waals surface area contributed by atoms with Crippen molar-refractivity contribution in [3.05, 3.63) is 89.7 Å². The molecular formula is C24H23BrN2O2. The number of ether oxygens (including phenoxy) is 1. The lowest BCUT2D eigenvalue weighted by Crippen LogP contribution is -2.37. The van der Waals surface area contributed by atoms with Crippen molar-refractivity contribution >= 4 is 22.0 Å².